The molecule has 36 heavy (non-hydrogen) atoms. The Morgan fingerprint density at radius 1 is 1.03 bits per heavy atom. The molecule has 194 valence electrons. The summed E-state index contributed by atoms with van der Waals surface area (Å²) in [5.41, 5.74) is 5.08. The summed E-state index contributed by atoms with van der Waals surface area (Å²) in [6.07, 6.45) is 1.02. The third kappa shape index (κ3) is 5.15. The van der Waals surface area contributed by atoms with Gasteiger partial charge in [-0.3, -0.25) is 9.79 Å². The average Bonchev–Trinajstić information content (AvgIpc) is 2.84. The first kappa shape index (κ1) is 26.2. The van der Waals surface area contributed by atoms with E-state index in [0.717, 1.165) is 47.8 Å². The summed E-state index contributed by atoms with van der Waals surface area (Å²) in [7, 11) is 2.18. The van der Waals surface area contributed by atoms with Gasteiger partial charge in [0.15, 0.2) is 11.5 Å². The summed E-state index contributed by atoms with van der Waals surface area (Å²) in [5, 5.41) is 0. The summed E-state index contributed by atoms with van der Waals surface area (Å²) >= 11 is 0. The number of hydrogen-bond donors (Lipinski definition) is 0. The molecule has 0 N–H and O–H groups in total. The second-order valence-electron chi connectivity index (χ2n) is 10.4. The molecule has 1 saturated heterocycles. The highest BCUT2D eigenvalue weighted by molar-refractivity contribution is 6.15. The van der Waals surface area contributed by atoms with E-state index in [2.05, 4.69) is 51.8 Å². The van der Waals surface area contributed by atoms with Gasteiger partial charge in [0.05, 0.1) is 25.0 Å². The van der Waals surface area contributed by atoms with E-state index in [9.17, 15) is 4.79 Å². The topological polar surface area (TPSA) is 54.4 Å². The van der Waals surface area contributed by atoms with Gasteiger partial charge in [0.1, 0.15) is 0 Å². The Balaban J connectivity index is 1.76. The zero-order chi connectivity index (χ0) is 26.0. The first-order chi connectivity index (χ1) is 17.2. The summed E-state index contributed by atoms with van der Waals surface area (Å²) in [6.45, 7) is 15.4. The van der Waals surface area contributed by atoms with Gasteiger partial charge < -0.3 is 19.3 Å². The smallest absolute Gasteiger partial charge is 0.254 e. The number of benzene rings is 2. The first-order valence-electron chi connectivity index (χ1n) is 13.4. The zero-order valence-electron chi connectivity index (χ0n) is 22.9. The number of aliphatic imine (C=N–C) groups is 1. The molecule has 2 aliphatic rings. The van der Waals surface area contributed by atoms with E-state index >= 15 is 0 Å². The number of fused-ring (bicyclic) bond motifs is 3. The molecule has 2 aromatic carbocycles. The summed E-state index contributed by atoms with van der Waals surface area (Å²) in [4.78, 5) is 22.8. The van der Waals surface area contributed by atoms with E-state index in [-0.39, 0.29) is 24.0 Å². The Morgan fingerprint density at radius 2 is 1.64 bits per heavy atom. The minimum absolute atomic E-state index is 0.0629. The van der Waals surface area contributed by atoms with Crippen LogP contribution in [0.3, 0.4) is 0 Å². The molecule has 4 rings (SSSR count). The second-order valence-corrected chi connectivity index (χ2v) is 10.4. The lowest BCUT2D eigenvalue weighted by Gasteiger charge is -2.39. The van der Waals surface area contributed by atoms with Gasteiger partial charge >= 0.3 is 0 Å². The Morgan fingerprint density at radius 3 is 2.22 bits per heavy atom. The van der Waals surface area contributed by atoms with Crippen molar-refractivity contribution in [2.24, 2.45) is 4.99 Å². The number of carbonyl (C=O) groups excluding carboxylic acids is 1. The van der Waals surface area contributed by atoms with Crippen LogP contribution in [-0.4, -0.2) is 72.9 Å². The van der Waals surface area contributed by atoms with Gasteiger partial charge in [-0.05, 0) is 91.4 Å². The molecular formula is C30H41N3O3. The fraction of sp³-hybridized carbons (Fsp3) is 0.533. The minimum Gasteiger partial charge on any atom is -0.490 e. The predicted molar refractivity (Wildman–Crippen MR) is 146 cm³/mol. The molecule has 2 aliphatic heterocycles. The number of hydrogen-bond acceptors (Lipinski definition) is 5. The number of amides is 1. The van der Waals surface area contributed by atoms with Crippen molar-refractivity contribution >= 4 is 11.6 Å². The number of likely N-dealkylation sites (tertiary alicyclic amines) is 1. The molecule has 6 heteroatoms. The number of rotatable bonds is 8. The van der Waals surface area contributed by atoms with Gasteiger partial charge in [0, 0.05) is 41.2 Å². The predicted octanol–water partition coefficient (Wildman–Crippen LogP) is 5.38. The van der Waals surface area contributed by atoms with Crippen LogP contribution in [0.4, 0.5) is 0 Å². The fourth-order valence-corrected chi connectivity index (χ4v) is 5.64. The molecule has 0 spiro atoms. The van der Waals surface area contributed by atoms with Crippen LogP contribution in [0.5, 0.6) is 11.5 Å². The average molecular weight is 492 g/mol. The Bertz CT molecular complexity index is 1100. The van der Waals surface area contributed by atoms with Crippen LogP contribution < -0.4 is 9.47 Å². The van der Waals surface area contributed by atoms with E-state index in [4.69, 9.17) is 14.5 Å². The number of nitrogens with zero attached hydrogens (tertiary/aromatic N) is 3. The number of likely N-dealkylation sites (N-methyl/N-ethyl adjacent to an activating group) is 1. The summed E-state index contributed by atoms with van der Waals surface area (Å²) in [5.74, 6) is 1.94. The van der Waals surface area contributed by atoms with Gasteiger partial charge in [-0.2, -0.15) is 0 Å². The molecule has 6 nitrogen and oxygen atoms in total. The Hall–Kier alpha value is -2.86. The lowest BCUT2D eigenvalue weighted by Crippen LogP contribution is -2.42. The SMILES string of the molecule is CCOc1cc2c(cc1OCC)C1CN(C)CCC1N=C2c1ccc(C(=O)N(C(C)C)C(C)C)cc1. The van der Waals surface area contributed by atoms with Crippen molar-refractivity contribution < 1.29 is 14.3 Å². The molecule has 0 bridgehead atoms. The van der Waals surface area contributed by atoms with Crippen molar-refractivity contribution in [3.8, 4) is 11.5 Å². The highest BCUT2D eigenvalue weighted by Gasteiger charge is 2.36. The van der Waals surface area contributed by atoms with Crippen molar-refractivity contribution in [3.63, 3.8) is 0 Å². The molecule has 0 aliphatic carbocycles. The monoisotopic (exact) mass is 491 g/mol. The van der Waals surface area contributed by atoms with Crippen LogP contribution in [0.1, 0.15) is 80.9 Å². The fourth-order valence-electron chi connectivity index (χ4n) is 5.64. The van der Waals surface area contributed by atoms with Crippen molar-refractivity contribution in [2.75, 3.05) is 33.4 Å². The molecule has 2 atom stereocenters. The van der Waals surface area contributed by atoms with Gasteiger partial charge in [0.25, 0.3) is 5.91 Å². The normalized spacial score (nSPS) is 19.5. The second kappa shape index (κ2) is 11.0. The zero-order valence-corrected chi connectivity index (χ0v) is 22.9. The largest absolute Gasteiger partial charge is 0.490 e. The summed E-state index contributed by atoms with van der Waals surface area (Å²) < 4.78 is 12.0. The van der Waals surface area contributed by atoms with Crippen molar-refractivity contribution in [1.29, 1.82) is 0 Å². The maximum atomic E-state index is 13.2. The van der Waals surface area contributed by atoms with Crippen LogP contribution in [0, 0.1) is 0 Å². The highest BCUT2D eigenvalue weighted by atomic mass is 16.5. The van der Waals surface area contributed by atoms with Crippen LogP contribution in [-0.2, 0) is 0 Å². The van der Waals surface area contributed by atoms with Crippen molar-refractivity contribution in [3.05, 3.63) is 58.7 Å². The molecule has 2 heterocycles. The van der Waals surface area contributed by atoms with Gasteiger partial charge in [0.2, 0.25) is 0 Å². The van der Waals surface area contributed by atoms with E-state index in [1.54, 1.807) is 0 Å². The number of carbonyl (C=O) groups is 1. The van der Waals surface area contributed by atoms with E-state index < -0.39 is 0 Å². The molecule has 1 fully saturated rings. The molecule has 0 saturated carbocycles. The van der Waals surface area contributed by atoms with Crippen LogP contribution in [0.2, 0.25) is 0 Å². The molecule has 2 aromatic rings. The third-order valence-corrected chi connectivity index (χ3v) is 7.20. The van der Waals surface area contributed by atoms with Gasteiger partial charge in [-0.1, -0.05) is 12.1 Å². The molecule has 2 unspecified atom stereocenters. The quantitative estimate of drug-likeness (QED) is 0.497. The number of piperidine rings is 1. The maximum absolute atomic E-state index is 13.2. The molecular weight excluding hydrogens is 450 g/mol. The molecule has 1 amide bonds. The Labute approximate surface area is 216 Å². The number of ether oxygens (including phenoxy) is 2. The molecule has 0 radical (unpaired) electrons. The summed E-state index contributed by atoms with van der Waals surface area (Å²) in [6, 6.07) is 12.8. The van der Waals surface area contributed by atoms with Crippen molar-refractivity contribution in [1.82, 2.24) is 9.80 Å². The minimum atomic E-state index is 0.0629. The highest BCUT2D eigenvalue weighted by Crippen LogP contribution is 2.42. The van der Waals surface area contributed by atoms with E-state index in [1.807, 2.05) is 43.0 Å². The maximum Gasteiger partial charge on any atom is 0.254 e. The lowest BCUT2D eigenvalue weighted by molar-refractivity contribution is 0.0643. The van der Waals surface area contributed by atoms with Crippen LogP contribution >= 0.6 is 0 Å². The standard InChI is InChI=1S/C30H41N3O3/c1-8-35-27-16-23-24(17-28(27)36-9-2)29(31-26-14-15-32(7)18-25(23)26)21-10-12-22(13-11-21)30(34)33(19(3)4)20(5)6/h10-13,16-17,19-20,25-26H,8-9,14-15,18H2,1-7H3. The Kier molecular flexibility index (Phi) is 8.04. The van der Waals surface area contributed by atoms with E-state index in [0.29, 0.717) is 24.7 Å². The van der Waals surface area contributed by atoms with Crippen molar-refractivity contribution in [2.45, 2.75) is 72.0 Å². The van der Waals surface area contributed by atoms with E-state index in [1.165, 1.54) is 5.56 Å². The van der Waals surface area contributed by atoms with Gasteiger partial charge in [-0.25, -0.2) is 0 Å². The van der Waals surface area contributed by atoms with Crippen LogP contribution in [0.25, 0.3) is 0 Å². The third-order valence-electron chi connectivity index (χ3n) is 7.20. The van der Waals surface area contributed by atoms with Crippen LogP contribution in [0.15, 0.2) is 41.4 Å². The lowest BCUT2D eigenvalue weighted by atomic mass is 9.79. The molecule has 0 aromatic heterocycles. The first-order valence-corrected chi connectivity index (χ1v) is 13.4. The van der Waals surface area contributed by atoms with Gasteiger partial charge in [-0.15, -0.1) is 0 Å².